The van der Waals surface area contributed by atoms with Crippen molar-refractivity contribution in [3.63, 3.8) is 0 Å². The molecule has 1 aliphatic carbocycles. The van der Waals surface area contributed by atoms with Crippen molar-refractivity contribution in [3.8, 4) is 0 Å². The number of carboxylic acid groups (broad SMARTS) is 1. The van der Waals surface area contributed by atoms with Gasteiger partial charge >= 0.3 is 12.0 Å². The van der Waals surface area contributed by atoms with Gasteiger partial charge in [-0.1, -0.05) is 6.92 Å². The number of hydrogen-bond acceptors (Lipinski definition) is 3. The van der Waals surface area contributed by atoms with Crippen LogP contribution in [0.3, 0.4) is 0 Å². The zero-order valence-corrected chi connectivity index (χ0v) is 10.8. The molecule has 0 aliphatic heterocycles. The summed E-state index contributed by atoms with van der Waals surface area (Å²) in [5.74, 6) is -0.891. The van der Waals surface area contributed by atoms with E-state index in [4.69, 9.17) is 10.2 Å². The van der Waals surface area contributed by atoms with Crippen LogP contribution in [0, 0.1) is 0 Å². The van der Waals surface area contributed by atoms with E-state index in [9.17, 15) is 9.59 Å². The number of aliphatic hydroxyl groups excluding tert-OH is 1. The largest absolute Gasteiger partial charge is 0.481 e. The maximum Gasteiger partial charge on any atom is 0.320 e. The van der Waals surface area contributed by atoms with Crippen LogP contribution in [0.2, 0.25) is 0 Å². The topological polar surface area (TPSA) is 81.1 Å². The van der Waals surface area contributed by atoms with E-state index < -0.39 is 5.97 Å². The molecule has 1 rings (SSSR count). The van der Waals surface area contributed by atoms with Gasteiger partial charge in [0.15, 0.2) is 0 Å². The molecule has 0 atom stereocenters. The first-order chi connectivity index (χ1) is 8.60. The number of urea groups is 1. The number of rotatable bonds is 8. The average Bonchev–Trinajstić information content (AvgIpc) is 3.13. The van der Waals surface area contributed by atoms with Gasteiger partial charge in [0.2, 0.25) is 0 Å². The minimum atomic E-state index is -0.891. The number of aliphatic hydroxyl groups is 1. The molecule has 104 valence electrons. The Bertz CT molecular complexity index is 286. The van der Waals surface area contributed by atoms with Crippen LogP contribution < -0.4 is 0 Å². The molecule has 0 heterocycles. The van der Waals surface area contributed by atoms with Crippen LogP contribution in [0.4, 0.5) is 4.79 Å². The highest BCUT2D eigenvalue weighted by atomic mass is 16.4. The third kappa shape index (κ3) is 4.52. The van der Waals surface area contributed by atoms with Gasteiger partial charge in [-0.05, 0) is 19.3 Å². The first kappa shape index (κ1) is 14.8. The fraction of sp³-hybridized carbons (Fsp3) is 0.833. The summed E-state index contributed by atoms with van der Waals surface area (Å²) in [5.41, 5.74) is 0. The first-order valence-electron chi connectivity index (χ1n) is 6.48. The molecule has 1 fully saturated rings. The summed E-state index contributed by atoms with van der Waals surface area (Å²) in [6.07, 6.45) is 2.69. The molecule has 2 amide bonds. The Kier molecular flexibility index (Phi) is 5.91. The van der Waals surface area contributed by atoms with Gasteiger partial charge in [0.25, 0.3) is 0 Å². The van der Waals surface area contributed by atoms with Crippen LogP contribution >= 0.6 is 0 Å². The van der Waals surface area contributed by atoms with Crippen LogP contribution in [0.25, 0.3) is 0 Å². The Balaban J connectivity index is 2.58. The Hall–Kier alpha value is -1.30. The number of carbonyl (C=O) groups is 2. The predicted octanol–water partition coefficient (Wildman–Crippen LogP) is 0.750. The molecule has 1 aliphatic rings. The summed E-state index contributed by atoms with van der Waals surface area (Å²) in [5, 5.41) is 17.7. The first-order valence-corrected chi connectivity index (χ1v) is 6.48. The molecule has 0 aromatic carbocycles. The van der Waals surface area contributed by atoms with Crippen molar-refractivity contribution in [3.05, 3.63) is 0 Å². The maximum absolute atomic E-state index is 12.3. The Labute approximate surface area is 107 Å². The highest BCUT2D eigenvalue weighted by Crippen LogP contribution is 2.28. The molecule has 0 bridgehead atoms. The molecule has 18 heavy (non-hydrogen) atoms. The fourth-order valence-electron chi connectivity index (χ4n) is 1.91. The summed E-state index contributed by atoms with van der Waals surface area (Å²) < 4.78 is 0. The predicted molar refractivity (Wildman–Crippen MR) is 66.3 cm³/mol. The van der Waals surface area contributed by atoms with Crippen LogP contribution in [-0.4, -0.2) is 64.3 Å². The normalized spacial score (nSPS) is 14.3. The molecule has 2 N–H and O–H groups in total. The van der Waals surface area contributed by atoms with Gasteiger partial charge in [0, 0.05) is 25.7 Å². The zero-order chi connectivity index (χ0) is 13.5. The van der Waals surface area contributed by atoms with E-state index in [0.717, 1.165) is 19.3 Å². The summed E-state index contributed by atoms with van der Waals surface area (Å²) in [7, 11) is 0. The lowest BCUT2D eigenvalue weighted by Gasteiger charge is -2.30. The van der Waals surface area contributed by atoms with Crippen LogP contribution in [0.15, 0.2) is 0 Å². The second kappa shape index (κ2) is 7.20. The molecule has 1 saturated carbocycles. The van der Waals surface area contributed by atoms with Gasteiger partial charge in [-0.15, -0.1) is 0 Å². The maximum atomic E-state index is 12.3. The minimum absolute atomic E-state index is 0.0265. The van der Waals surface area contributed by atoms with Crippen molar-refractivity contribution < 1.29 is 19.8 Å². The second-order valence-corrected chi connectivity index (χ2v) is 4.56. The van der Waals surface area contributed by atoms with Gasteiger partial charge in [0.05, 0.1) is 13.0 Å². The molecule has 0 radical (unpaired) electrons. The number of carboxylic acids is 1. The molecule has 0 aromatic rings. The Morgan fingerprint density at radius 2 is 1.89 bits per heavy atom. The number of carbonyl (C=O) groups excluding carboxylic acids is 1. The average molecular weight is 258 g/mol. The molecule has 0 spiro atoms. The highest BCUT2D eigenvalue weighted by molar-refractivity contribution is 5.76. The van der Waals surface area contributed by atoms with Crippen molar-refractivity contribution in [2.24, 2.45) is 0 Å². The van der Waals surface area contributed by atoms with Gasteiger partial charge in [-0.2, -0.15) is 0 Å². The Morgan fingerprint density at radius 3 is 2.33 bits per heavy atom. The van der Waals surface area contributed by atoms with Crippen LogP contribution in [-0.2, 0) is 4.79 Å². The van der Waals surface area contributed by atoms with E-state index in [1.54, 1.807) is 9.80 Å². The molecule has 6 heteroatoms. The fourth-order valence-corrected chi connectivity index (χ4v) is 1.91. The molecule has 6 nitrogen and oxygen atoms in total. The SMILES string of the molecule is CCCN(CCO)C(=O)N(CCC(=O)O)C1CC1. The van der Waals surface area contributed by atoms with Crippen molar-refractivity contribution in [2.45, 2.75) is 38.6 Å². The lowest BCUT2D eigenvalue weighted by atomic mass is 10.3. The third-order valence-corrected chi connectivity index (χ3v) is 2.93. The van der Waals surface area contributed by atoms with Gasteiger partial charge in [0.1, 0.15) is 0 Å². The van der Waals surface area contributed by atoms with Crippen molar-refractivity contribution in [1.82, 2.24) is 9.80 Å². The second-order valence-electron chi connectivity index (χ2n) is 4.56. The van der Waals surface area contributed by atoms with E-state index in [2.05, 4.69) is 0 Å². The van der Waals surface area contributed by atoms with E-state index in [1.165, 1.54) is 0 Å². The van der Waals surface area contributed by atoms with Crippen molar-refractivity contribution in [2.75, 3.05) is 26.2 Å². The number of aliphatic carboxylic acids is 1. The third-order valence-electron chi connectivity index (χ3n) is 2.93. The summed E-state index contributed by atoms with van der Waals surface area (Å²) >= 11 is 0. The van der Waals surface area contributed by atoms with Gasteiger partial charge < -0.3 is 20.0 Å². The molecule has 0 saturated heterocycles. The smallest absolute Gasteiger partial charge is 0.320 e. The quantitative estimate of drug-likeness (QED) is 0.673. The van der Waals surface area contributed by atoms with Gasteiger partial charge in [-0.25, -0.2) is 4.79 Å². The lowest BCUT2D eigenvalue weighted by molar-refractivity contribution is -0.137. The van der Waals surface area contributed by atoms with Gasteiger partial charge in [-0.3, -0.25) is 4.79 Å². The number of amides is 2. The zero-order valence-electron chi connectivity index (χ0n) is 10.8. The Morgan fingerprint density at radius 1 is 1.22 bits per heavy atom. The lowest BCUT2D eigenvalue weighted by Crippen LogP contribution is -2.46. The molecule has 0 unspecified atom stereocenters. The highest BCUT2D eigenvalue weighted by Gasteiger charge is 2.34. The summed E-state index contributed by atoms with van der Waals surface area (Å²) in [6.45, 7) is 3.06. The molecular formula is C12H22N2O4. The van der Waals surface area contributed by atoms with E-state index in [0.29, 0.717) is 13.1 Å². The van der Waals surface area contributed by atoms with E-state index in [1.807, 2.05) is 6.92 Å². The number of nitrogens with zero attached hydrogens (tertiary/aromatic N) is 2. The van der Waals surface area contributed by atoms with Crippen LogP contribution in [0.1, 0.15) is 32.6 Å². The number of hydrogen-bond donors (Lipinski definition) is 2. The molecular weight excluding hydrogens is 236 g/mol. The molecule has 0 aromatic heterocycles. The summed E-state index contributed by atoms with van der Waals surface area (Å²) in [6, 6.07) is 0.0459. The monoisotopic (exact) mass is 258 g/mol. The van der Waals surface area contributed by atoms with Crippen molar-refractivity contribution >= 4 is 12.0 Å². The van der Waals surface area contributed by atoms with E-state index in [-0.39, 0.29) is 31.6 Å². The summed E-state index contributed by atoms with van der Waals surface area (Å²) in [4.78, 5) is 26.1. The van der Waals surface area contributed by atoms with Crippen molar-refractivity contribution in [1.29, 1.82) is 0 Å². The van der Waals surface area contributed by atoms with Crippen LogP contribution in [0.5, 0.6) is 0 Å². The minimum Gasteiger partial charge on any atom is -0.481 e. The standard InChI is InChI=1S/C12H22N2O4/c1-2-6-13(8-9-15)12(18)14(10-3-4-10)7-5-11(16)17/h10,15H,2-9H2,1H3,(H,16,17). The van der Waals surface area contributed by atoms with E-state index >= 15 is 0 Å².